The van der Waals surface area contributed by atoms with Crippen molar-refractivity contribution in [2.24, 2.45) is 11.7 Å². The molecule has 1 amide bonds. The number of hydrogen-bond donors (Lipinski definition) is 1. The maximum absolute atomic E-state index is 12.3. The molecule has 3 heteroatoms. The van der Waals surface area contributed by atoms with E-state index in [1.54, 1.807) is 6.08 Å². The number of hydrogen-bond acceptors (Lipinski definition) is 2. The molecule has 0 radical (unpaired) electrons. The largest absolute Gasteiger partial charge is 0.334 e. The molecule has 0 aromatic carbocycles. The number of carbonyl (C=O) groups excluding carboxylic acids is 1. The first-order valence-corrected chi connectivity index (χ1v) is 6.98. The first-order valence-electron chi connectivity index (χ1n) is 6.98. The number of nitrogens with zero attached hydrogens (tertiary/aromatic N) is 1. The summed E-state index contributed by atoms with van der Waals surface area (Å²) in [4.78, 5) is 14.1. The minimum absolute atomic E-state index is 0.138. The van der Waals surface area contributed by atoms with Crippen LogP contribution in [0.1, 0.15) is 53.4 Å². The topological polar surface area (TPSA) is 46.3 Å². The highest BCUT2D eigenvalue weighted by molar-refractivity contribution is 5.77. The van der Waals surface area contributed by atoms with E-state index in [2.05, 4.69) is 34.3 Å². The quantitative estimate of drug-likeness (QED) is 0.677. The van der Waals surface area contributed by atoms with E-state index in [1.165, 1.54) is 0 Å². The summed E-state index contributed by atoms with van der Waals surface area (Å²) in [5, 5.41) is 0. The van der Waals surface area contributed by atoms with Crippen molar-refractivity contribution in [3.8, 4) is 0 Å². The zero-order valence-electron chi connectivity index (χ0n) is 12.5. The summed E-state index contributed by atoms with van der Waals surface area (Å²) >= 11 is 0. The summed E-state index contributed by atoms with van der Waals surface area (Å²) in [6.45, 7) is 13.4. The third-order valence-electron chi connectivity index (χ3n) is 3.34. The Labute approximate surface area is 112 Å². The molecule has 0 aromatic rings. The van der Waals surface area contributed by atoms with Gasteiger partial charge in [0, 0.05) is 18.5 Å². The molecule has 106 valence electrons. The lowest BCUT2D eigenvalue weighted by Gasteiger charge is -2.35. The zero-order chi connectivity index (χ0) is 14.2. The zero-order valence-corrected chi connectivity index (χ0v) is 12.5. The molecule has 0 aliphatic carbocycles. The second-order valence-electron chi connectivity index (χ2n) is 5.85. The molecule has 0 heterocycles. The Bertz CT molecular complexity index is 256. The Balaban J connectivity index is 4.38. The predicted molar refractivity (Wildman–Crippen MR) is 78.3 cm³/mol. The lowest BCUT2D eigenvalue weighted by molar-refractivity contribution is -0.135. The molecule has 0 saturated heterocycles. The Kier molecular flexibility index (Phi) is 7.92. The summed E-state index contributed by atoms with van der Waals surface area (Å²) in [6.07, 6.45) is 5.46. The third kappa shape index (κ3) is 6.20. The molecule has 0 fully saturated rings. The van der Waals surface area contributed by atoms with Gasteiger partial charge in [0.2, 0.25) is 5.91 Å². The lowest BCUT2D eigenvalue weighted by atomic mass is 9.95. The van der Waals surface area contributed by atoms with E-state index in [-0.39, 0.29) is 11.4 Å². The van der Waals surface area contributed by atoms with Gasteiger partial charge >= 0.3 is 0 Å². The fourth-order valence-corrected chi connectivity index (χ4v) is 2.13. The molecule has 0 aliphatic rings. The van der Waals surface area contributed by atoms with Crippen molar-refractivity contribution in [2.75, 3.05) is 13.1 Å². The van der Waals surface area contributed by atoms with Crippen LogP contribution in [-0.4, -0.2) is 29.4 Å². The predicted octanol–water partition coefficient (Wildman–Crippen LogP) is 2.95. The Morgan fingerprint density at radius 2 is 2.00 bits per heavy atom. The van der Waals surface area contributed by atoms with Gasteiger partial charge in [-0.15, -0.1) is 6.58 Å². The summed E-state index contributed by atoms with van der Waals surface area (Å²) in [6, 6.07) is 0. The monoisotopic (exact) mass is 254 g/mol. The van der Waals surface area contributed by atoms with E-state index in [9.17, 15) is 4.79 Å². The molecule has 0 aliphatic heterocycles. The second-order valence-corrected chi connectivity index (χ2v) is 5.85. The molecule has 1 atom stereocenters. The summed E-state index contributed by atoms with van der Waals surface area (Å²) in [5.41, 5.74) is 5.44. The van der Waals surface area contributed by atoms with Crippen molar-refractivity contribution in [1.29, 1.82) is 0 Å². The number of carbonyl (C=O) groups is 1. The molecule has 18 heavy (non-hydrogen) atoms. The van der Waals surface area contributed by atoms with E-state index < -0.39 is 0 Å². The molecule has 0 rings (SSSR count). The van der Waals surface area contributed by atoms with Crippen LogP contribution >= 0.6 is 0 Å². The van der Waals surface area contributed by atoms with Crippen molar-refractivity contribution >= 4 is 5.91 Å². The number of amides is 1. The van der Waals surface area contributed by atoms with Crippen molar-refractivity contribution < 1.29 is 4.79 Å². The van der Waals surface area contributed by atoms with Gasteiger partial charge in [0.15, 0.2) is 0 Å². The van der Waals surface area contributed by atoms with E-state index in [0.29, 0.717) is 25.4 Å². The minimum Gasteiger partial charge on any atom is -0.334 e. The van der Waals surface area contributed by atoms with Gasteiger partial charge in [-0.3, -0.25) is 4.79 Å². The highest BCUT2D eigenvalue weighted by Crippen LogP contribution is 2.19. The van der Waals surface area contributed by atoms with E-state index >= 15 is 0 Å². The highest BCUT2D eigenvalue weighted by atomic mass is 16.2. The fraction of sp³-hybridized carbons (Fsp3) is 0.800. The van der Waals surface area contributed by atoms with Crippen LogP contribution in [0.25, 0.3) is 0 Å². The van der Waals surface area contributed by atoms with Gasteiger partial charge in [-0.1, -0.05) is 19.4 Å². The number of nitrogens with two attached hydrogens (primary N) is 1. The Morgan fingerprint density at radius 3 is 2.39 bits per heavy atom. The third-order valence-corrected chi connectivity index (χ3v) is 3.34. The van der Waals surface area contributed by atoms with Crippen molar-refractivity contribution in [2.45, 2.75) is 58.9 Å². The van der Waals surface area contributed by atoms with Crippen LogP contribution in [-0.2, 0) is 4.79 Å². The molecular weight excluding hydrogens is 224 g/mol. The van der Waals surface area contributed by atoms with E-state index in [4.69, 9.17) is 5.73 Å². The smallest absolute Gasteiger partial charge is 0.223 e. The van der Waals surface area contributed by atoms with Crippen molar-refractivity contribution in [3.63, 3.8) is 0 Å². The SMILES string of the molecule is C=CCN(C(=O)CCC(CC)CCN)C(C)(C)C. The van der Waals surface area contributed by atoms with Crippen LogP contribution in [0.4, 0.5) is 0 Å². The van der Waals surface area contributed by atoms with Crippen LogP contribution in [0.3, 0.4) is 0 Å². The standard InChI is InChI=1S/C15H30N2O/c1-6-12-17(15(3,4)5)14(18)9-8-13(7-2)10-11-16/h6,13H,1,7-12,16H2,2-5H3. The molecular formula is C15H30N2O. The second kappa shape index (κ2) is 8.30. The Morgan fingerprint density at radius 1 is 1.39 bits per heavy atom. The van der Waals surface area contributed by atoms with Crippen LogP contribution in [0.5, 0.6) is 0 Å². The average Bonchev–Trinajstić information content (AvgIpc) is 2.29. The van der Waals surface area contributed by atoms with Gasteiger partial charge in [0.25, 0.3) is 0 Å². The van der Waals surface area contributed by atoms with Gasteiger partial charge < -0.3 is 10.6 Å². The average molecular weight is 254 g/mol. The van der Waals surface area contributed by atoms with Gasteiger partial charge in [-0.2, -0.15) is 0 Å². The molecule has 0 aromatic heterocycles. The Hall–Kier alpha value is -0.830. The first kappa shape index (κ1) is 17.2. The lowest BCUT2D eigenvalue weighted by Crippen LogP contribution is -2.45. The number of rotatable bonds is 8. The molecule has 3 nitrogen and oxygen atoms in total. The first-order chi connectivity index (χ1) is 8.36. The van der Waals surface area contributed by atoms with Gasteiger partial charge in [-0.05, 0) is 46.1 Å². The normalized spacial score (nSPS) is 13.2. The van der Waals surface area contributed by atoms with E-state index in [0.717, 1.165) is 19.3 Å². The molecule has 0 spiro atoms. The summed E-state index contributed by atoms with van der Waals surface area (Å²) in [5.74, 6) is 0.794. The van der Waals surface area contributed by atoms with Crippen molar-refractivity contribution in [1.82, 2.24) is 4.90 Å². The van der Waals surface area contributed by atoms with Crippen LogP contribution in [0, 0.1) is 5.92 Å². The van der Waals surface area contributed by atoms with Gasteiger partial charge in [-0.25, -0.2) is 0 Å². The van der Waals surface area contributed by atoms with Crippen molar-refractivity contribution in [3.05, 3.63) is 12.7 Å². The fourth-order valence-electron chi connectivity index (χ4n) is 2.13. The van der Waals surface area contributed by atoms with Crippen LogP contribution < -0.4 is 5.73 Å². The minimum atomic E-state index is -0.138. The highest BCUT2D eigenvalue weighted by Gasteiger charge is 2.25. The maximum atomic E-state index is 12.3. The van der Waals surface area contributed by atoms with Crippen LogP contribution in [0.15, 0.2) is 12.7 Å². The maximum Gasteiger partial charge on any atom is 0.223 e. The molecule has 0 saturated carbocycles. The summed E-state index contributed by atoms with van der Waals surface area (Å²) in [7, 11) is 0. The van der Waals surface area contributed by atoms with Gasteiger partial charge in [0.05, 0.1) is 0 Å². The van der Waals surface area contributed by atoms with Gasteiger partial charge in [0.1, 0.15) is 0 Å². The molecule has 2 N–H and O–H groups in total. The van der Waals surface area contributed by atoms with E-state index in [1.807, 2.05) is 4.90 Å². The molecule has 0 bridgehead atoms. The summed E-state index contributed by atoms with van der Waals surface area (Å²) < 4.78 is 0. The molecule has 1 unspecified atom stereocenters. The van der Waals surface area contributed by atoms with Crippen LogP contribution in [0.2, 0.25) is 0 Å².